The Kier molecular flexibility index (Phi) is 3.33. The van der Waals surface area contributed by atoms with E-state index in [4.69, 9.17) is 9.47 Å². The van der Waals surface area contributed by atoms with Crippen molar-refractivity contribution in [2.75, 3.05) is 6.61 Å². The van der Waals surface area contributed by atoms with Gasteiger partial charge in [-0.3, -0.25) is 0 Å². The number of ether oxygens (including phenoxy) is 2. The molecule has 1 fully saturated rings. The van der Waals surface area contributed by atoms with Gasteiger partial charge in [-0.1, -0.05) is 30.3 Å². The number of esters is 1. The minimum Gasteiger partial charge on any atom is -0.456 e. The molecule has 1 unspecified atom stereocenters. The largest absolute Gasteiger partial charge is 0.456 e. The minimum atomic E-state index is -0.297. The number of carbonyl (C=O) groups excluding carboxylic acids is 1. The highest BCUT2D eigenvalue weighted by Gasteiger charge is 2.24. The molecule has 4 nitrogen and oxygen atoms in total. The van der Waals surface area contributed by atoms with Crippen molar-refractivity contribution in [3.05, 3.63) is 59.9 Å². The van der Waals surface area contributed by atoms with E-state index in [2.05, 4.69) is 0 Å². The van der Waals surface area contributed by atoms with Crippen LogP contribution in [0, 0.1) is 0 Å². The Hall–Kier alpha value is -2.07. The van der Waals surface area contributed by atoms with Crippen LogP contribution in [-0.4, -0.2) is 23.2 Å². The predicted octanol–water partition coefficient (Wildman–Crippen LogP) is 2.24. The van der Waals surface area contributed by atoms with E-state index in [1.54, 1.807) is 6.07 Å². The molecule has 1 aromatic carbocycles. The van der Waals surface area contributed by atoms with Gasteiger partial charge in [-0.25, -0.2) is 4.79 Å². The van der Waals surface area contributed by atoms with Gasteiger partial charge in [0.2, 0.25) is 0 Å². The smallest absolute Gasteiger partial charge is 0.355 e. The zero-order valence-electron chi connectivity index (χ0n) is 10.5. The summed E-state index contributed by atoms with van der Waals surface area (Å²) >= 11 is 0. The Morgan fingerprint density at radius 2 is 2.05 bits per heavy atom. The zero-order valence-corrected chi connectivity index (χ0v) is 10.5. The van der Waals surface area contributed by atoms with Crippen LogP contribution in [-0.2, 0) is 22.6 Å². The number of carbonyl (C=O) groups is 1. The van der Waals surface area contributed by atoms with Crippen molar-refractivity contribution in [3.63, 3.8) is 0 Å². The molecule has 0 N–H and O–H groups in total. The summed E-state index contributed by atoms with van der Waals surface area (Å²) in [5.74, 6) is -0.297. The molecule has 1 aromatic heterocycles. The molecule has 1 saturated heterocycles. The van der Waals surface area contributed by atoms with E-state index in [0.29, 0.717) is 18.8 Å². The lowest BCUT2D eigenvalue weighted by Crippen LogP contribution is -2.14. The van der Waals surface area contributed by atoms with Crippen LogP contribution < -0.4 is 0 Å². The van der Waals surface area contributed by atoms with Gasteiger partial charge in [0.05, 0.1) is 19.3 Å². The number of benzene rings is 1. The summed E-state index contributed by atoms with van der Waals surface area (Å²) in [5.41, 5.74) is 1.56. The van der Waals surface area contributed by atoms with Gasteiger partial charge in [-0.15, -0.1) is 0 Å². The first kappa shape index (κ1) is 12.0. The number of nitrogens with zero attached hydrogens (tertiary/aromatic N) is 1. The lowest BCUT2D eigenvalue weighted by atomic mass is 10.2. The van der Waals surface area contributed by atoms with Crippen molar-refractivity contribution >= 4 is 5.97 Å². The molecule has 1 atom stereocenters. The monoisotopic (exact) mass is 257 g/mol. The highest BCUT2D eigenvalue weighted by Crippen LogP contribution is 2.15. The minimum absolute atomic E-state index is 0.244. The molecule has 1 aliphatic heterocycles. The van der Waals surface area contributed by atoms with Crippen LogP contribution in [0.15, 0.2) is 48.7 Å². The third kappa shape index (κ3) is 3.03. The first-order valence-corrected chi connectivity index (χ1v) is 6.31. The molecule has 2 aromatic rings. The van der Waals surface area contributed by atoms with Crippen molar-refractivity contribution in [2.24, 2.45) is 0 Å². The first-order chi connectivity index (χ1) is 9.33. The van der Waals surface area contributed by atoms with Gasteiger partial charge in [-0.2, -0.15) is 0 Å². The lowest BCUT2D eigenvalue weighted by molar-refractivity contribution is 0.0459. The highest BCUT2D eigenvalue weighted by atomic mass is 16.6. The van der Waals surface area contributed by atoms with Crippen molar-refractivity contribution in [1.82, 2.24) is 4.57 Å². The number of aromatic nitrogens is 1. The second kappa shape index (κ2) is 5.28. The van der Waals surface area contributed by atoms with Crippen LogP contribution in [0.4, 0.5) is 0 Å². The average Bonchev–Trinajstić information content (AvgIpc) is 3.13. The van der Waals surface area contributed by atoms with Gasteiger partial charge < -0.3 is 14.0 Å². The Balaban J connectivity index is 1.62. The molecule has 2 heterocycles. The van der Waals surface area contributed by atoms with Crippen molar-refractivity contribution in [3.8, 4) is 0 Å². The number of rotatable bonds is 5. The van der Waals surface area contributed by atoms with Crippen molar-refractivity contribution in [1.29, 1.82) is 0 Å². The summed E-state index contributed by atoms with van der Waals surface area (Å²) in [7, 11) is 0. The Morgan fingerprint density at radius 3 is 2.79 bits per heavy atom. The Labute approximate surface area is 111 Å². The van der Waals surface area contributed by atoms with Gasteiger partial charge in [-0.05, 0) is 17.7 Å². The second-order valence-corrected chi connectivity index (χ2v) is 4.56. The third-order valence-electron chi connectivity index (χ3n) is 3.05. The molecule has 1 aliphatic rings. The number of hydrogen-bond acceptors (Lipinski definition) is 3. The van der Waals surface area contributed by atoms with E-state index in [0.717, 1.165) is 12.2 Å². The highest BCUT2D eigenvalue weighted by molar-refractivity contribution is 5.87. The molecule has 3 rings (SSSR count). The topological polar surface area (TPSA) is 43.8 Å². The van der Waals surface area contributed by atoms with E-state index in [1.165, 1.54) is 0 Å². The van der Waals surface area contributed by atoms with Gasteiger partial charge in [0.1, 0.15) is 12.3 Å². The van der Waals surface area contributed by atoms with E-state index in [-0.39, 0.29) is 12.1 Å². The Morgan fingerprint density at radius 1 is 1.26 bits per heavy atom. The first-order valence-electron chi connectivity index (χ1n) is 6.31. The van der Waals surface area contributed by atoms with E-state index in [1.807, 2.05) is 47.2 Å². The molecule has 98 valence electrons. The van der Waals surface area contributed by atoms with E-state index >= 15 is 0 Å². The van der Waals surface area contributed by atoms with Crippen LogP contribution in [0.5, 0.6) is 0 Å². The maximum absolute atomic E-state index is 12.0. The Bertz CT molecular complexity index is 558. The lowest BCUT2D eigenvalue weighted by Gasteiger charge is -2.08. The third-order valence-corrected chi connectivity index (χ3v) is 3.05. The van der Waals surface area contributed by atoms with Gasteiger partial charge in [0, 0.05) is 6.20 Å². The molecular weight excluding hydrogens is 242 g/mol. The summed E-state index contributed by atoms with van der Waals surface area (Å²) < 4.78 is 12.4. The quantitative estimate of drug-likeness (QED) is 0.609. The number of epoxide rings is 1. The average molecular weight is 257 g/mol. The van der Waals surface area contributed by atoms with Crippen LogP contribution in [0.2, 0.25) is 0 Å². The van der Waals surface area contributed by atoms with Crippen LogP contribution in [0.1, 0.15) is 16.1 Å². The van der Waals surface area contributed by atoms with E-state index in [9.17, 15) is 4.79 Å². The summed E-state index contributed by atoms with van der Waals surface area (Å²) in [5, 5.41) is 0. The molecule has 0 saturated carbocycles. The second-order valence-electron chi connectivity index (χ2n) is 4.56. The summed E-state index contributed by atoms with van der Waals surface area (Å²) in [6.45, 7) is 1.78. The van der Waals surface area contributed by atoms with Gasteiger partial charge in [0.15, 0.2) is 0 Å². The summed E-state index contributed by atoms with van der Waals surface area (Å²) in [4.78, 5) is 12.0. The van der Waals surface area contributed by atoms with E-state index < -0.39 is 0 Å². The SMILES string of the molecule is O=C(OCc1ccccc1)c1cccn1CC1CO1. The fourth-order valence-electron chi connectivity index (χ4n) is 1.95. The van der Waals surface area contributed by atoms with Gasteiger partial charge >= 0.3 is 5.97 Å². The van der Waals surface area contributed by atoms with Crippen LogP contribution in [0.3, 0.4) is 0 Å². The molecule has 0 amide bonds. The zero-order chi connectivity index (χ0) is 13.1. The fraction of sp³-hybridized carbons (Fsp3) is 0.267. The standard InChI is InChI=1S/C15H15NO3/c17-15(19-10-12-5-2-1-3-6-12)14-7-4-8-16(14)9-13-11-18-13/h1-8,13H,9-11H2. The predicted molar refractivity (Wildman–Crippen MR) is 69.7 cm³/mol. The van der Waals surface area contributed by atoms with Gasteiger partial charge in [0.25, 0.3) is 0 Å². The molecule has 0 spiro atoms. The molecule has 19 heavy (non-hydrogen) atoms. The van der Waals surface area contributed by atoms with Crippen molar-refractivity contribution < 1.29 is 14.3 Å². The summed E-state index contributed by atoms with van der Waals surface area (Å²) in [6, 6.07) is 13.3. The maximum atomic E-state index is 12.0. The summed E-state index contributed by atoms with van der Waals surface area (Å²) in [6.07, 6.45) is 2.12. The van der Waals surface area contributed by atoms with Crippen LogP contribution >= 0.6 is 0 Å². The number of hydrogen-bond donors (Lipinski definition) is 0. The molecule has 4 heteroatoms. The molecule has 0 aliphatic carbocycles. The maximum Gasteiger partial charge on any atom is 0.355 e. The fourth-order valence-corrected chi connectivity index (χ4v) is 1.95. The molecular formula is C15H15NO3. The molecule has 0 radical (unpaired) electrons. The van der Waals surface area contributed by atoms with Crippen LogP contribution in [0.25, 0.3) is 0 Å². The van der Waals surface area contributed by atoms with Crippen molar-refractivity contribution in [2.45, 2.75) is 19.3 Å². The normalized spacial score (nSPS) is 17.2. The molecule has 0 bridgehead atoms.